The van der Waals surface area contributed by atoms with Crippen LogP contribution in [0.3, 0.4) is 0 Å². The molecule has 0 aliphatic rings. The smallest absolute Gasteiger partial charge is 0.392 e. The molecule has 5 aromatic carbocycles. The molecule has 0 bridgehead atoms. The van der Waals surface area contributed by atoms with Crippen molar-refractivity contribution in [1.82, 2.24) is 4.98 Å². The number of fused-ring (bicyclic) bond motifs is 3. The lowest BCUT2D eigenvalue weighted by atomic mass is 9.98. The molecular weight excluding hydrogens is 392 g/mol. The quantitative estimate of drug-likeness (QED) is 0.238. The van der Waals surface area contributed by atoms with E-state index in [1.165, 1.54) is 16.3 Å². The lowest BCUT2D eigenvalue weighted by Crippen LogP contribution is -2.35. The van der Waals surface area contributed by atoms with Gasteiger partial charge in [-0.05, 0) is 39.7 Å². The van der Waals surface area contributed by atoms with E-state index in [9.17, 15) is 0 Å². The van der Waals surface area contributed by atoms with Crippen LogP contribution in [-0.4, -0.2) is 4.98 Å². The Morgan fingerprint density at radius 2 is 1.34 bits per heavy atom. The summed E-state index contributed by atoms with van der Waals surface area (Å²) in [5.41, 5.74) is 1.21. The zero-order chi connectivity index (χ0) is 21.3. The molecule has 0 atom stereocenters. The predicted molar refractivity (Wildman–Crippen MR) is 129 cm³/mol. The van der Waals surface area contributed by atoms with Crippen molar-refractivity contribution in [3.8, 4) is 11.6 Å². The van der Waals surface area contributed by atoms with E-state index in [4.69, 9.17) is 4.74 Å². The second-order valence-electron chi connectivity index (χ2n) is 7.98. The molecule has 0 aliphatic carbocycles. The van der Waals surface area contributed by atoms with Crippen LogP contribution in [0, 0.1) is 0 Å². The number of aromatic nitrogens is 2. The molecule has 1 heterocycles. The molecule has 6 aromatic rings. The maximum absolute atomic E-state index is 6.66. The average Bonchev–Trinajstić information content (AvgIpc) is 2.84. The lowest BCUT2D eigenvalue weighted by Gasteiger charge is -2.13. The summed E-state index contributed by atoms with van der Waals surface area (Å²) in [7, 11) is 0. The fourth-order valence-electron chi connectivity index (χ4n) is 4.30. The van der Waals surface area contributed by atoms with Gasteiger partial charge in [0.1, 0.15) is 11.9 Å². The van der Waals surface area contributed by atoms with Gasteiger partial charge >= 0.3 is 5.88 Å². The van der Waals surface area contributed by atoms with Gasteiger partial charge in [-0.1, -0.05) is 78.9 Å². The highest BCUT2D eigenvalue weighted by Crippen LogP contribution is 2.38. The number of hydrogen-bond donors (Lipinski definition) is 0. The molecule has 0 unspecified atom stereocenters. The van der Waals surface area contributed by atoms with E-state index in [1.807, 2.05) is 12.3 Å². The van der Waals surface area contributed by atoms with E-state index in [2.05, 4.69) is 101 Å². The van der Waals surface area contributed by atoms with E-state index in [-0.39, 0.29) is 0 Å². The standard InChI is InChI=1S/C29H21N2O/c1-2-8-21(9-3-1)20-31-15-14-30-19-28(31)32-29-26-13-7-6-12-24(26)17-25-16-22-10-4-5-11-23(22)18-27(25)29/h1-19H,20H2/q+1. The molecule has 3 heteroatoms. The van der Waals surface area contributed by atoms with Crippen molar-refractivity contribution in [2.45, 2.75) is 6.54 Å². The molecule has 0 spiro atoms. The zero-order valence-corrected chi connectivity index (χ0v) is 17.5. The number of rotatable bonds is 4. The second-order valence-corrected chi connectivity index (χ2v) is 7.98. The van der Waals surface area contributed by atoms with Gasteiger partial charge in [0.15, 0.2) is 12.7 Å². The Morgan fingerprint density at radius 3 is 2.19 bits per heavy atom. The first-order valence-corrected chi connectivity index (χ1v) is 10.7. The molecular formula is C29H21N2O+. The highest BCUT2D eigenvalue weighted by atomic mass is 16.5. The fraction of sp³-hybridized carbons (Fsp3) is 0.0345. The first-order valence-electron chi connectivity index (χ1n) is 10.7. The summed E-state index contributed by atoms with van der Waals surface area (Å²) in [6.45, 7) is 0.713. The SMILES string of the molecule is c1ccc(C[n+]2ccncc2Oc2c3ccccc3cc3cc4ccccc4cc23)cc1. The van der Waals surface area contributed by atoms with Gasteiger partial charge in [0.2, 0.25) is 0 Å². The molecule has 1 aromatic heterocycles. The minimum Gasteiger partial charge on any atom is -0.403 e. The number of hydrogen-bond acceptors (Lipinski definition) is 2. The molecule has 0 saturated carbocycles. The van der Waals surface area contributed by atoms with Crippen molar-refractivity contribution in [3.63, 3.8) is 0 Å². The van der Waals surface area contributed by atoms with Crippen molar-refractivity contribution >= 4 is 32.3 Å². The third kappa shape index (κ3) is 3.34. The maximum Gasteiger partial charge on any atom is 0.392 e. The number of nitrogens with zero attached hydrogens (tertiary/aromatic N) is 2. The van der Waals surface area contributed by atoms with Gasteiger partial charge in [-0.25, -0.2) is 4.98 Å². The molecule has 0 radical (unpaired) electrons. The van der Waals surface area contributed by atoms with Crippen LogP contribution >= 0.6 is 0 Å². The van der Waals surface area contributed by atoms with Gasteiger partial charge in [-0.3, -0.25) is 0 Å². The Kier molecular flexibility index (Phi) is 4.51. The summed E-state index contributed by atoms with van der Waals surface area (Å²) in [5.74, 6) is 1.57. The monoisotopic (exact) mass is 413 g/mol. The van der Waals surface area contributed by atoms with Gasteiger partial charge in [0, 0.05) is 16.3 Å². The molecule has 32 heavy (non-hydrogen) atoms. The van der Waals surface area contributed by atoms with Crippen LogP contribution < -0.4 is 9.30 Å². The summed E-state index contributed by atoms with van der Waals surface area (Å²) in [4.78, 5) is 4.35. The van der Waals surface area contributed by atoms with E-state index < -0.39 is 0 Å². The van der Waals surface area contributed by atoms with E-state index >= 15 is 0 Å². The molecule has 0 aliphatic heterocycles. The third-order valence-corrected chi connectivity index (χ3v) is 5.88. The fourth-order valence-corrected chi connectivity index (χ4v) is 4.30. The molecule has 6 rings (SSSR count). The molecule has 0 amide bonds. The van der Waals surface area contributed by atoms with Gasteiger partial charge in [-0.2, -0.15) is 4.57 Å². The zero-order valence-electron chi connectivity index (χ0n) is 17.5. The van der Waals surface area contributed by atoms with Crippen molar-refractivity contribution in [2.24, 2.45) is 0 Å². The average molecular weight is 414 g/mol. The third-order valence-electron chi connectivity index (χ3n) is 5.88. The highest BCUT2D eigenvalue weighted by Gasteiger charge is 2.18. The van der Waals surface area contributed by atoms with Crippen LogP contribution in [0.5, 0.6) is 11.6 Å². The van der Waals surface area contributed by atoms with Crippen molar-refractivity contribution in [2.75, 3.05) is 0 Å². The van der Waals surface area contributed by atoms with E-state index in [1.54, 1.807) is 12.4 Å². The maximum atomic E-state index is 6.66. The minimum absolute atomic E-state index is 0.710. The Bertz CT molecular complexity index is 1570. The van der Waals surface area contributed by atoms with Gasteiger partial charge < -0.3 is 4.74 Å². The molecule has 0 fully saturated rings. The minimum atomic E-state index is 0.710. The first kappa shape index (κ1) is 18.5. The van der Waals surface area contributed by atoms with Crippen LogP contribution in [0.25, 0.3) is 32.3 Å². The van der Waals surface area contributed by atoms with Crippen LogP contribution in [0.2, 0.25) is 0 Å². The summed E-state index contributed by atoms with van der Waals surface area (Å²) in [6.07, 6.45) is 5.55. The van der Waals surface area contributed by atoms with Gasteiger partial charge in [-0.15, -0.1) is 0 Å². The van der Waals surface area contributed by atoms with Crippen LogP contribution in [0.4, 0.5) is 0 Å². The summed E-state index contributed by atoms with van der Waals surface area (Å²) in [6, 6.07) is 33.9. The van der Waals surface area contributed by atoms with E-state index in [0.29, 0.717) is 12.4 Å². The first-order chi connectivity index (χ1) is 15.8. The van der Waals surface area contributed by atoms with Crippen LogP contribution in [-0.2, 0) is 6.54 Å². The topological polar surface area (TPSA) is 26.0 Å². The summed E-state index contributed by atoms with van der Waals surface area (Å²) in [5, 5.41) is 6.92. The normalized spacial score (nSPS) is 11.2. The predicted octanol–water partition coefficient (Wildman–Crippen LogP) is 6.67. The molecule has 0 N–H and O–H groups in total. The lowest BCUT2D eigenvalue weighted by molar-refractivity contribution is -0.692. The van der Waals surface area contributed by atoms with Gasteiger partial charge in [0.05, 0.1) is 6.20 Å². The van der Waals surface area contributed by atoms with Crippen molar-refractivity contribution in [1.29, 1.82) is 0 Å². The summed E-state index contributed by atoms with van der Waals surface area (Å²) >= 11 is 0. The molecule has 152 valence electrons. The Hall–Kier alpha value is -4.24. The van der Waals surface area contributed by atoms with Crippen molar-refractivity contribution in [3.05, 3.63) is 121 Å². The Balaban J connectivity index is 1.55. The van der Waals surface area contributed by atoms with Crippen LogP contribution in [0.1, 0.15) is 5.56 Å². The van der Waals surface area contributed by atoms with Crippen molar-refractivity contribution < 1.29 is 9.30 Å². The molecule has 0 saturated heterocycles. The van der Waals surface area contributed by atoms with Crippen LogP contribution in [0.15, 0.2) is 116 Å². The summed E-state index contributed by atoms with van der Waals surface area (Å²) < 4.78 is 8.75. The highest BCUT2D eigenvalue weighted by molar-refractivity contribution is 6.10. The Labute approximate surface area is 186 Å². The largest absolute Gasteiger partial charge is 0.403 e. The van der Waals surface area contributed by atoms with Gasteiger partial charge in [0.25, 0.3) is 0 Å². The van der Waals surface area contributed by atoms with E-state index in [0.717, 1.165) is 27.3 Å². The second kappa shape index (κ2) is 7.78. The number of benzene rings is 5. The Morgan fingerprint density at radius 1 is 0.656 bits per heavy atom. The number of ether oxygens (including phenoxy) is 1. The molecule has 3 nitrogen and oxygen atoms in total.